The van der Waals surface area contributed by atoms with Crippen molar-refractivity contribution in [2.75, 3.05) is 0 Å². The molecule has 0 radical (unpaired) electrons. The second-order valence-corrected chi connectivity index (χ2v) is 4.86. The molecule has 0 aliphatic carbocycles. The van der Waals surface area contributed by atoms with Crippen LogP contribution in [0.15, 0.2) is 24.3 Å². The third kappa shape index (κ3) is 2.57. The van der Waals surface area contributed by atoms with E-state index in [-0.39, 0.29) is 6.04 Å². The quantitative estimate of drug-likeness (QED) is 0.879. The van der Waals surface area contributed by atoms with Gasteiger partial charge in [0.15, 0.2) is 0 Å². The summed E-state index contributed by atoms with van der Waals surface area (Å²) >= 11 is 0. The number of rotatable bonds is 2. The summed E-state index contributed by atoms with van der Waals surface area (Å²) in [4.78, 5) is 8.94. The molecule has 2 rings (SSSR count). The molecule has 1 atom stereocenters. The Morgan fingerprint density at radius 3 is 2.44 bits per heavy atom. The van der Waals surface area contributed by atoms with Crippen LogP contribution >= 0.6 is 0 Å². The predicted octanol–water partition coefficient (Wildman–Crippen LogP) is 3.09. The van der Waals surface area contributed by atoms with Crippen LogP contribution in [-0.4, -0.2) is 9.97 Å². The van der Waals surface area contributed by atoms with Crippen LogP contribution in [0.25, 0.3) is 11.3 Å². The lowest BCUT2D eigenvalue weighted by Crippen LogP contribution is -2.11. The molecule has 2 N–H and O–H groups in total. The summed E-state index contributed by atoms with van der Waals surface area (Å²) in [5, 5.41) is 0. The summed E-state index contributed by atoms with van der Waals surface area (Å²) in [5.41, 5.74) is 11.4. The van der Waals surface area contributed by atoms with Crippen LogP contribution in [0.2, 0.25) is 0 Å². The molecule has 0 saturated heterocycles. The van der Waals surface area contributed by atoms with E-state index in [1.165, 1.54) is 11.1 Å². The lowest BCUT2D eigenvalue weighted by Gasteiger charge is -2.11. The molecular formula is C15H19N3. The van der Waals surface area contributed by atoms with Gasteiger partial charge in [-0.05, 0) is 45.4 Å². The minimum atomic E-state index is -0.145. The number of hydrogen-bond acceptors (Lipinski definition) is 3. The zero-order valence-electron chi connectivity index (χ0n) is 11.4. The molecule has 0 spiro atoms. The fourth-order valence-corrected chi connectivity index (χ4v) is 1.94. The summed E-state index contributed by atoms with van der Waals surface area (Å²) in [5.74, 6) is 0.700. The average Bonchev–Trinajstić information content (AvgIpc) is 2.31. The molecule has 18 heavy (non-hydrogen) atoms. The van der Waals surface area contributed by atoms with Crippen LogP contribution in [0.5, 0.6) is 0 Å². The van der Waals surface area contributed by atoms with Crippen molar-refractivity contribution in [2.24, 2.45) is 5.73 Å². The molecule has 0 aliphatic heterocycles. The monoisotopic (exact) mass is 241 g/mol. The maximum absolute atomic E-state index is 5.87. The van der Waals surface area contributed by atoms with Gasteiger partial charge in [-0.25, -0.2) is 9.97 Å². The minimum Gasteiger partial charge on any atom is -0.322 e. The number of aromatic nitrogens is 2. The standard InChI is InChI=1S/C15H19N3/c1-9-5-6-10(2)13(7-9)14-8-11(3)17-15(18-14)12(4)16/h5-8,12H,16H2,1-4H3. The summed E-state index contributed by atoms with van der Waals surface area (Å²) < 4.78 is 0. The van der Waals surface area contributed by atoms with E-state index in [1.54, 1.807) is 0 Å². The van der Waals surface area contributed by atoms with Crippen LogP contribution in [0.1, 0.15) is 35.6 Å². The van der Waals surface area contributed by atoms with Crippen LogP contribution in [0.3, 0.4) is 0 Å². The van der Waals surface area contributed by atoms with E-state index < -0.39 is 0 Å². The Hall–Kier alpha value is -1.74. The second-order valence-electron chi connectivity index (χ2n) is 4.86. The number of nitrogens with two attached hydrogens (primary N) is 1. The van der Waals surface area contributed by atoms with Gasteiger partial charge in [-0.15, -0.1) is 0 Å². The van der Waals surface area contributed by atoms with Crippen LogP contribution < -0.4 is 5.73 Å². The summed E-state index contributed by atoms with van der Waals surface area (Å²) in [6.07, 6.45) is 0. The maximum Gasteiger partial charge on any atom is 0.145 e. The van der Waals surface area contributed by atoms with Gasteiger partial charge in [-0.3, -0.25) is 0 Å². The molecule has 0 amide bonds. The predicted molar refractivity (Wildman–Crippen MR) is 74.3 cm³/mol. The Morgan fingerprint density at radius 2 is 1.78 bits per heavy atom. The van der Waals surface area contributed by atoms with Crippen LogP contribution in [0, 0.1) is 20.8 Å². The van der Waals surface area contributed by atoms with Gasteiger partial charge in [0.25, 0.3) is 0 Å². The maximum atomic E-state index is 5.87. The normalized spacial score (nSPS) is 12.5. The lowest BCUT2D eigenvalue weighted by molar-refractivity contribution is 0.734. The average molecular weight is 241 g/mol. The molecule has 3 nitrogen and oxygen atoms in total. The van der Waals surface area contributed by atoms with Crippen molar-refractivity contribution >= 4 is 0 Å². The SMILES string of the molecule is Cc1ccc(C)c(-c2cc(C)nc(C(C)N)n2)c1. The summed E-state index contributed by atoms with van der Waals surface area (Å²) in [6.45, 7) is 8.06. The Bertz CT molecular complexity index is 574. The molecule has 3 heteroatoms. The van der Waals surface area contributed by atoms with Crippen molar-refractivity contribution < 1.29 is 0 Å². The van der Waals surface area contributed by atoms with Crippen molar-refractivity contribution in [3.8, 4) is 11.3 Å². The summed E-state index contributed by atoms with van der Waals surface area (Å²) in [6, 6.07) is 8.25. The molecule has 0 saturated carbocycles. The van der Waals surface area contributed by atoms with Crippen molar-refractivity contribution in [3.63, 3.8) is 0 Å². The van der Waals surface area contributed by atoms with E-state index in [9.17, 15) is 0 Å². The highest BCUT2D eigenvalue weighted by molar-refractivity contribution is 5.64. The molecule has 0 bridgehead atoms. The molecule has 0 fully saturated rings. The minimum absolute atomic E-state index is 0.145. The Balaban J connectivity index is 2.60. The lowest BCUT2D eigenvalue weighted by atomic mass is 10.0. The van der Waals surface area contributed by atoms with Gasteiger partial charge >= 0.3 is 0 Å². The van der Waals surface area contributed by atoms with E-state index >= 15 is 0 Å². The fraction of sp³-hybridized carbons (Fsp3) is 0.333. The summed E-state index contributed by atoms with van der Waals surface area (Å²) in [7, 11) is 0. The van der Waals surface area contributed by atoms with Crippen molar-refractivity contribution in [1.29, 1.82) is 0 Å². The second kappa shape index (κ2) is 4.86. The third-order valence-corrected chi connectivity index (χ3v) is 2.95. The molecule has 1 aromatic carbocycles. The first kappa shape index (κ1) is 12.7. The van der Waals surface area contributed by atoms with Gasteiger partial charge in [-0.1, -0.05) is 17.7 Å². The van der Waals surface area contributed by atoms with Gasteiger partial charge in [0, 0.05) is 11.3 Å². The molecule has 1 heterocycles. The number of aryl methyl sites for hydroxylation is 3. The highest BCUT2D eigenvalue weighted by atomic mass is 14.9. The van der Waals surface area contributed by atoms with Crippen LogP contribution in [0.4, 0.5) is 0 Å². The molecular weight excluding hydrogens is 222 g/mol. The molecule has 1 unspecified atom stereocenters. The van der Waals surface area contributed by atoms with Gasteiger partial charge in [0.05, 0.1) is 11.7 Å². The van der Waals surface area contributed by atoms with Crippen molar-refractivity contribution in [3.05, 3.63) is 46.9 Å². The van der Waals surface area contributed by atoms with E-state index in [1.807, 2.05) is 19.9 Å². The van der Waals surface area contributed by atoms with E-state index in [0.29, 0.717) is 5.82 Å². The third-order valence-electron chi connectivity index (χ3n) is 2.95. The van der Waals surface area contributed by atoms with Crippen LogP contribution in [-0.2, 0) is 0 Å². The van der Waals surface area contributed by atoms with Gasteiger partial charge < -0.3 is 5.73 Å². The largest absolute Gasteiger partial charge is 0.322 e. The zero-order chi connectivity index (χ0) is 13.3. The first-order chi connectivity index (χ1) is 8.47. The van der Waals surface area contributed by atoms with Crippen molar-refractivity contribution in [2.45, 2.75) is 33.7 Å². The Morgan fingerprint density at radius 1 is 1.06 bits per heavy atom. The highest BCUT2D eigenvalue weighted by Crippen LogP contribution is 2.24. The smallest absolute Gasteiger partial charge is 0.145 e. The zero-order valence-corrected chi connectivity index (χ0v) is 11.4. The van der Waals surface area contributed by atoms with E-state index in [2.05, 4.69) is 42.0 Å². The number of hydrogen-bond donors (Lipinski definition) is 1. The van der Waals surface area contributed by atoms with Gasteiger partial charge in [0.2, 0.25) is 0 Å². The fourth-order valence-electron chi connectivity index (χ4n) is 1.94. The highest BCUT2D eigenvalue weighted by Gasteiger charge is 2.09. The van der Waals surface area contributed by atoms with E-state index in [0.717, 1.165) is 17.0 Å². The molecule has 2 aromatic rings. The number of nitrogens with zero attached hydrogens (tertiary/aromatic N) is 2. The molecule has 1 aromatic heterocycles. The first-order valence-corrected chi connectivity index (χ1v) is 6.16. The molecule has 94 valence electrons. The Labute approximate surface area is 108 Å². The first-order valence-electron chi connectivity index (χ1n) is 6.16. The van der Waals surface area contributed by atoms with E-state index in [4.69, 9.17) is 5.73 Å². The topological polar surface area (TPSA) is 51.8 Å². The number of benzene rings is 1. The van der Waals surface area contributed by atoms with Crippen molar-refractivity contribution in [1.82, 2.24) is 9.97 Å². The Kier molecular flexibility index (Phi) is 3.43. The van der Waals surface area contributed by atoms with Gasteiger partial charge in [0.1, 0.15) is 5.82 Å². The molecule has 0 aliphatic rings. The van der Waals surface area contributed by atoms with Gasteiger partial charge in [-0.2, -0.15) is 0 Å².